The SMILES string of the molecule is CCC(N)c1ccn(CCC2CCCCN2C)c1. The molecule has 1 aromatic rings. The van der Waals surface area contributed by atoms with Gasteiger partial charge >= 0.3 is 0 Å². The Morgan fingerprint density at radius 3 is 3.00 bits per heavy atom. The van der Waals surface area contributed by atoms with Crippen molar-refractivity contribution in [2.24, 2.45) is 5.73 Å². The van der Waals surface area contributed by atoms with Crippen LogP contribution in [0.1, 0.15) is 50.6 Å². The van der Waals surface area contributed by atoms with Crippen LogP contribution in [0.3, 0.4) is 0 Å². The molecule has 102 valence electrons. The molecule has 18 heavy (non-hydrogen) atoms. The van der Waals surface area contributed by atoms with Crippen LogP contribution in [-0.4, -0.2) is 29.1 Å². The van der Waals surface area contributed by atoms with Crippen molar-refractivity contribution in [1.82, 2.24) is 9.47 Å². The summed E-state index contributed by atoms with van der Waals surface area (Å²) in [7, 11) is 2.26. The molecule has 2 rings (SSSR count). The molecule has 0 amide bonds. The quantitative estimate of drug-likeness (QED) is 0.870. The predicted octanol–water partition coefficient (Wildman–Crippen LogP) is 2.77. The zero-order chi connectivity index (χ0) is 13.0. The van der Waals surface area contributed by atoms with E-state index >= 15 is 0 Å². The van der Waals surface area contributed by atoms with E-state index in [2.05, 4.69) is 41.9 Å². The van der Waals surface area contributed by atoms with E-state index in [-0.39, 0.29) is 6.04 Å². The lowest BCUT2D eigenvalue weighted by Crippen LogP contribution is -2.36. The number of rotatable bonds is 5. The van der Waals surface area contributed by atoms with E-state index in [1.165, 1.54) is 37.8 Å². The molecule has 3 nitrogen and oxygen atoms in total. The zero-order valence-corrected chi connectivity index (χ0v) is 11.8. The average Bonchev–Trinajstić information content (AvgIpc) is 2.86. The molecule has 0 radical (unpaired) electrons. The highest BCUT2D eigenvalue weighted by atomic mass is 15.1. The third-order valence-electron chi connectivity index (χ3n) is 4.28. The van der Waals surface area contributed by atoms with Crippen LogP contribution in [0.4, 0.5) is 0 Å². The van der Waals surface area contributed by atoms with Crippen molar-refractivity contribution in [2.45, 2.75) is 57.7 Å². The molecule has 1 aliphatic rings. The van der Waals surface area contributed by atoms with Gasteiger partial charge in [-0.25, -0.2) is 0 Å². The Hall–Kier alpha value is -0.800. The Bertz CT molecular complexity index is 358. The molecule has 2 atom stereocenters. The molecule has 0 aromatic carbocycles. The smallest absolute Gasteiger partial charge is 0.0307 e. The molecule has 0 bridgehead atoms. The highest BCUT2D eigenvalue weighted by molar-refractivity contribution is 5.14. The van der Waals surface area contributed by atoms with Crippen molar-refractivity contribution in [1.29, 1.82) is 0 Å². The minimum atomic E-state index is 0.198. The van der Waals surface area contributed by atoms with E-state index in [0.717, 1.165) is 19.0 Å². The van der Waals surface area contributed by atoms with Gasteiger partial charge in [0.15, 0.2) is 0 Å². The van der Waals surface area contributed by atoms with Crippen molar-refractivity contribution in [2.75, 3.05) is 13.6 Å². The normalized spacial score (nSPS) is 23.2. The second-order valence-corrected chi connectivity index (χ2v) is 5.62. The molecule has 2 unspecified atom stereocenters. The molecule has 1 fully saturated rings. The van der Waals surface area contributed by atoms with Gasteiger partial charge in [-0.2, -0.15) is 0 Å². The van der Waals surface area contributed by atoms with Gasteiger partial charge in [0.1, 0.15) is 0 Å². The van der Waals surface area contributed by atoms with Crippen LogP contribution in [0.5, 0.6) is 0 Å². The van der Waals surface area contributed by atoms with Gasteiger partial charge in [-0.15, -0.1) is 0 Å². The lowest BCUT2D eigenvalue weighted by Gasteiger charge is -2.32. The Morgan fingerprint density at radius 2 is 2.28 bits per heavy atom. The highest BCUT2D eigenvalue weighted by Crippen LogP contribution is 2.19. The van der Waals surface area contributed by atoms with Gasteiger partial charge in [0.05, 0.1) is 0 Å². The van der Waals surface area contributed by atoms with E-state index in [9.17, 15) is 0 Å². The predicted molar refractivity (Wildman–Crippen MR) is 76.5 cm³/mol. The molecular weight excluding hydrogens is 222 g/mol. The summed E-state index contributed by atoms with van der Waals surface area (Å²) in [5, 5.41) is 0. The fraction of sp³-hybridized carbons (Fsp3) is 0.733. The van der Waals surface area contributed by atoms with Gasteiger partial charge in [-0.3, -0.25) is 0 Å². The molecule has 1 saturated heterocycles. The Labute approximate surface area is 111 Å². The Morgan fingerprint density at radius 1 is 1.44 bits per heavy atom. The molecular formula is C15H27N3. The van der Waals surface area contributed by atoms with E-state index in [1.54, 1.807) is 0 Å². The molecule has 2 N–H and O–H groups in total. The number of piperidine rings is 1. The maximum absolute atomic E-state index is 6.05. The average molecular weight is 249 g/mol. The number of nitrogens with zero attached hydrogens (tertiary/aromatic N) is 2. The maximum atomic E-state index is 6.05. The maximum Gasteiger partial charge on any atom is 0.0307 e. The third kappa shape index (κ3) is 3.36. The summed E-state index contributed by atoms with van der Waals surface area (Å²) in [6.07, 6.45) is 10.8. The van der Waals surface area contributed by atoms with Gasteiger partial charge in [0.2, 0.25) is 0 Å². The minimum absolute atomic E-state index is 0.198. The molecule has 2 heterocycles. The van der Waals surface area contributed by atoms with E-state index in [1.807, 2.05) is 0 Å². The van der Waals surface area contributed by atoms with Crippen molar-refractivity contribution in [3.63, 3.8) is 0 Å². The first kappa shape index (κ1) is 13.6. The van der Waals surface area contributed by atoms with Crippen LogP contribution in [0.15, 0.2) is 18.5 Å². The molecule has 1 aliphatic heterocycles. The minimum Gasteiger partial charge on any atom is -0.354 e. The summed E-state index contributed by atoms with van der Waals surface area (Å²) in [4.78, 5) is 2.52. The van der Waals surface area contributed by atoms with Crippen LogP contribution in [0.2, 0.25) is 0 Å². The van der Waals surface area contributed by atoms with Crippen LogP contribution in [0.25, 0.3) is 0 Å². The number of aromatic nitrogens is 1. The van der Waals surface area contributed by atoms with Crippen LogP contribution >= 0.6 is 0 Å². The highest BCUT2D eigenvalue weighted by Gasteiger charge is 2.18. The summed E-state index contributed by atoms with van der Waals surface area (Å²) >= 11 is 0. The third-order valence-corrected chi connectivity index (χ3v) is 4.28. The van der Waals surface area contributed by atoms with E-state index in [4.69, 9.17) is 5.73 Å². The largest absolute Gasteiger partial charge is 0.354 e. The molecule has 0 saturated carbocycles. The van der Waals surface area contributed by atoms with Gasteiger partial charge in [-0.1, -0.05) is 13.3 Å². The van der Waals surface area contributed by atoms with Crippen LogP contribution in [0, 0.1) is 0 Å². The lowest BCUT2D eigenvalue weighted by molar-refractivity contribution is 0.171. The van der Waals surface area contributed by atoms with Gasteiger partial charge in [-0.05, 0) is 50.9 Å². The number of likely N-dealkylation sites (tertiary alicyclic amines) is 1. The molecule has 0 spiro atoms. The lowest BCUT2D eigenvalue weighted by atomic mass is 10.0. The van der Waals surface area contributed by atoms with Crippen molar-refractivity contribution < 1.29 is 0 Å². The monoisotopic (exact) mass is 249 g/mol. The van der Waals surface area contributed by atoms with Gasteiger partial charge in [0, 0.05) is 31.0 Å². The fourth-order valence-corrected chi connectivity index (χ4v) is 2.86. The topological polar surface area (TPSA) is 34.2 Å². The summed E-state index contributed by atoms with van der Waals surface area (Å²) in [6.45, 7) is 4.52. The second kappa shape index (κ2) is 6.39. The molecule has 0 aliphatic carbocycles. The van der Waals surface area contributed by atoms with E-state index < -0.39 is 0 Å². The first-order valence-electron chi connectivity index (χ1n) is 7.32. The first-order valence-corrected chi connectivity index (χ1v) is 7.32. The molecule has 3 heteroatoms. The fourth-order valence-electron chi connectivity index (χ4n) is 2.86. The first-order chi connectivity index (χ1) is 8.70. The van der Waals surface area contributed by atoms with Gasteiger partial charge in [0.25, 0.3) is 0 Å². The number of hydrogen-bond acceptors (Lipinski definition) is 2. The molecule has 1 aromatic heterocycles. The van der Waals surface area contributed by atoms with Crippen molar-refractivity contribution in [3.8, 4) is 0 Å². The van der Waals surface area contributed by atoms with Gasteiger partial charge < -0.3 is 15.2 Å². The standard InChI is InChI=1S/C15H27N3/c1-3-15(16)13-7-10-18(12-13)11-8-14-6-4-5-9-17(14)2/h7,10,12,14-15H,3-6,8-9,11,16H2,1-2H3. The zero-order valence-electron chi connectivity index (χ0n) is 11.8. The summed E-state index contributed by atoms with van der Waals surface area (Å²) in [5.41, 5.74) is 7.32. The number of aryl methyl sites for hydroxylation is 1. The van der Waals surface area contributed by atoms with Crippen LogP contribution < -0.4 is 5.73 Å². The second-order valence-electron chi connectivity index (χ2n) is 5.62. The van der Waals surface area contributed by atoms with E-state index in [0.29, 0.717) is 0 Å². The summed E-state index contributed by atoms with van der Waals surface area (Å²) in [5.74, 6) is 0. The Kier molecular flexibility index (Phi) is 4.84. The summed E-state index contributed by atoms with van der Waals surface area (Å²) in [6, 6.07) is 3.13. The number of nitrogens with two attached hydrogens (primary N) is 1. The summed E-state index contributed by atoms with van der Waals surface area (Å²) < 4.78 is 2.30. The van der Waals surface area contributed by atoms with Crippen molar-refractivity contribution in [3.05, 3.63) is 24.0 Å². The van der Waals surface area contributed by atoms with Crippen LogP contribution in [-0.2, 0) is 6.54 Å². The number of hydrogen-bond donors (Lipinski definition) is 1. The van der Waals surface area contributed by atoms with Crippen molar-refractivity contribution >= 4 is 0 Å². The Balaban J connectivity index is 1.84.